The number of nitrogens with zero attached hydrogens (tertiary/aromatic N) is 2. The molecule has 0 unspecified atom stereocenters. The second-order valence-corrected chi connectivity index (χ2v) is 10.4. The molecule has 6 aromatic carbocycles. The van der Waals surface area contributed by atoms with Crippen LogP contribution in [0.15, 0.2) is 158 Å². The van der Waals surface area contributed by atoms with Gasteiger partial charge < -0.3 is 0 Å². The van der Waals surface area contributed by atoms with Crippen molar-refractivity contribution >= 4 is 32.6 Å². The number of rotatable bonds is 4. The summed E-state index contributed by atoms with van der Waals surface area (Å²) in [4.78, 5) is 5.35. The van der Waals surface area contributed by atoms with Crippen molar-refractivity contribution in [2.24, 2.45) is 0 Å². The molecule has 0 radical (unpaired) electrons. The number of aromatic nitrogens is 2. The van der Waals surface area contributed by atoms with Crippen LogP contribution in [0.4, 0.5) is 0 Å². The molecule has 0 fully saturated rings. The molecule has 2 heteroatoms. The Morgan fingerprint density at radius 2 is 1.00 bits per heavy atom. The maximum Gasteiger partial charge on any atom is 0.138 e. The second-order valence-electron chi connectivity index (χ2n) is 10.4. The fraction of sp³-hybridized carbons (Fsp3) is 0. The third-order valence-corrected chi connectivity index (χ3v) is 7.96. The van der Waals surface area contributed by atoms with Crippen molar-refractivity contribution in [1.82, 2.24) is 9.55 Å². The van der Waals surface area contributed by atoms with E-state index in [0.717, 1.165) is 28.2 Å². The van der Waals surface area contributed by atoms with Gasteiger partial charge in [-0.2, -0.15) is 0 Å². The minimum absolute atomic E-state index is 0.906. The Hall–Kier alpha value is -5.47. The van der Waals surface area contributed by atoms with Gasteiger partial charge in [0.05, 0.1) is 16.7 Å². The molecule has 0 aliphatic rings. The fourth-order valence-corrected chi connectivity index (χ4v) is 6.11. The normalized spacial score (nSPS) is 11.4. The molecule has 2 nitrogen and oxygen atoms in total. The Balaban J connectivity index is 1.55. The highest BCUT2D eigenvalue weighted by Gasteiger charge is 2.20. The predicted molar refractivity (Wildman–Crippen MR) is 172 cm³/mol. The predicted octanol–water partition coefficient (Wildman–Crippen LogP) is 10.3. The molecule has 2 aromatic heterocycles. The third-order valence-electron chi connectivity index (χ3n) is 7.96. The fourth-order valence-electron chi connectivity index (χ4n) is 6.11. The van der Waals surface area contributed by atoms with Crippen LogP contribution in [0.1, 0.15) is 0 Å². The molecule has 0 bridgehead atoms. The lowest BCUT2D eigenvalue weighted by Gasteiger charge is -2.16. The van der Waals surface area contributed by atoms with Crippen LogP contribution in [0.3, 0.4) is 0 Å². The van der Waals surface area contributed by atoms with Gasteiger partial charge >= 0.3 is 0 Å². The van der Waals surface area contributed by atoms with Crippen molar-refractivity contribution < 1.29 is 0 Å². The Kier molecular flexibility index (Phi) is 5.49. The van der Waals surface area contributed by atoms with Gasteiger partial charge in [0.15, 0.2) is 0 Å². The molecule has 8 rings (SSSR count). The van der Waals surface area contributed by atoms with Gasteiger partial charge in [0.1, 0.15) is 5.82 Å². The third kappa shape index (κ3) is 3.92. The van der Waals surface area contributed by atoms with E-state index >= 15 is 0 Å². The summed E-state index contributed by atoms with van der Waals surface area (Å²) >= 11 is 0. The van der Waals surface area contributed by atoms with Crippen molar-refractivity contribution in [2.75, 3.05) is 0 Å². The molecular formula is C39H26N2. The first-order chi connectivity index (χ1) is 20.3. The van der Waals surface area contributed by atoms with E-state index in [4.69, 9.17) is 4.98 Å². The van der Waals surface area contributed by atoms with E-state index in [2.05, 4.69) is 162 Å². The molecule has 0 aliphatic carbocycles. The van der Waals surface area contributed by atoms with Crippen LogP contribution in [0.25, 0.3) is 71.9 Å². The smallest absolute Gasteiger partial charge is 0.138 e. The summed E-state index contributed by atoms with van der Waals surface area (Å²) in [6.07, 6.45) is 0. The van der Waals surface area contributed by atoms with Crippen LogP contribution in [0, 0.1) is 0 Å². The molecule has 0 amide bonds. The van der Waals surface area contributed by atoms with E-state index in [1.165, 1.54) is 43.8 Å². The standard InChI is InChI=1S/C39H26N2/c1-4-14-27(15-5-1)31-25-35(28-16-6-2-7-17-28)40-37(26-31)41-36-23-13-12-22-33(36)34-24-30-20-10-11-21-32(30)38(39(34)41)29-18-8-3-9-19-29/h1-26H. The number of fused-ring (bicyclic) bond motifs is 4. The maximum atomic E-state index is 5.35. The van der Waals surface area contributed by atoms with Gasteiger partial charge in [-0.3, -0.25) is 4.57 Å². The molecule has 0 atom stereocenters. The summed E-state index contributed by atoms with van der Waals surface area (Å²) in [6.45, 7) is 0. The summed E-state index contributed by atoms with van der Waals surface area (Å²) in [5.74, 6) is 0.906. The van der Waals surface area contributed by atoms with Crippen molar-refractivity contribution in [2.45, 2.75) is 0 Å². The van der Waals surface area contributed by atoms with E-state index in [1.807, 2.05) is 0 Å². The lowest BCUT2D eigenvalue weighted by molar-refractivity contribution is 1.09. The zero-order valence-electron chi connectivity index (χ0n) is 22.4. The molecule has 0 saturated heterocycles. The zero-order chi connectivity index (χ0) is 27.2. The van der Waals surface area contributed by atoms with Gasteiger partial charge in [0.2, 0.25) is 0 Å². The molecule has 2 heterocycles. The van der Waals surface area contributed by atoms with Gasteiger partial charge in [-0.1, -0.05) is 133 Å². The highest BCUT2D eigenvalue weighted by atomic mass is 15.1. The Bertz CT molecular complexity index is 2120. The topological polar surface area (TPSA) is 17.8 Å². The lowest BCUT2D eigenvalue weighted by atomic mass is 9.95. The van der Waals surface area contributed by atoms with Crippen LogP contribution in [0.5, 0.6) is 0 Å². The largest absolute Gasteiger partial charge is 0.293 e. The minimum Gasteiger partial charge on any atom is -0.293 e. The molecule has 0 N–H and O–H groups in total. The van der Waals surface area contributed by atoms with E-state index in [1.54, 1.807) is 0 Å². The van der Waals surface area contributed by atoms with Crippen LogP contribution < -0.4 is 0 Å². The summed E-state index contributed by atoms with van der Waals surface area (Å²) in [5, 5.41) is 4.92. The van der Waals surface area contributed by atoms with Crippen molar-refractivity contribution in [3.8, 4) is 39.3 Å². The Labute approximate surface area is 238 Å². The highest BCUT2D eigenvalue weighted by Crippen LogP contribution is 2.43. The highest BCUT2D eigenvalue weighted by molar-refractivity contribution is 6.21. The van der Waals surface area contributed by atoms with Gasteiger partial charge in [-0.05, 0) is 51.7 Å². The van der Waals surface area contributed by atoms with Crippen LogP contribution in [-0.4, -0.2) is 9.55 Å². The Morgan fingerprint density at radius 1 is 0.415 bits per heavy atom. The summed E-state index contributed by atoms with van der Waals surface area (Å²) in [7, 11) is 0. The van der Waals surface area contributed by atoms with E-state index in [-0.39, 0.29) is 0 Å². The number of benzene rings is 6. The minimum atomic E-state index is 0.906. The molecule has 0 saturated carbocycles. The molecule has 0 aliphatic heterocycles. The molecule has 8 aromatic rings. The van der Waals surface area contributed by atoms with E-state index < -0.39 is 0 Å². The maximum absolute atomic E-state index is 5.35. The van der Waals surface area contributed by atoms with Gasteiger partial charge in [0, 0.05) is 21.9 Å². The van der Waals surface area contributed by atoms with Crippen molar-refractivity contribution in [3.63, 3.8) is 0 Å². The van der Waals surface area contributed by atoms with E-state index in [0.29, 0.717) is 0 Å². The molecule has 192 valence electrons. The van der Waals surface area contributed by atoms with Crippen LogP contribution >= 0.6 is 0 Å². The van der Waals surface area contributed by atoms with Gasteiger partial charge in [-0.25, -0.2) is 4.98 Å². The molecule has 0 spiro atoms. The van der Waals surface area contributed by atoms with Gasteiger partial charge in [0.25, 0.3) is 0 Å². The first-order valence-electron chi connectivity index (χ1n) is 14.0. The van der Waals surface area contributed by atoms with Crippen molar-refractivity contribution in [1.29, 1.82) is 0 Å². The summed E-state index contributed by atoms with van der Waals surface area (Å²) in [5.41, 5.74) is 9.10. The van der Waals surface area contributed by atoms with Gasteiger partial charge in [-0.15, -0.1) is 0 Å². The average molecular weight is 523 g/mol. The number of hydrogen-bond donors (Lipinski definition) is 0. The zero-order valence-corrected chi connectivity index (χ0v) is 22.4. The summed E-state index contributed by atoms with van der Waals surface area (Å²) in [6, 6.07) is 56.0. The van der Waals surface area contributed by atoms with Crippen molar-refractivity contribution in [3.05, 3.63) is 158 Å². The monoisotopic (exact) mass is 522 g/mol. The first-order valence-corrected chi connectivity index (χ1v) is 14.0. The number of hydrogen-bond acceptors (Lipinski definition) is 1. The first kappa shape index (κ1) is 23.4. The Morgan fingerprint density at radius 3 is 1.73 bits per heavy atom. The van der Waals surface area contributed by atoms with Crippen LogP contribution in [-0.2, 0) is 0 Å². The average Bonchev–Trinajstić information content (AvgIpc) is 3.38. The second kappa shape index (κ2) is 9.62. The quantitative estimate of drug-likeness (QED) is 0.225. The molecular weight excluding hydrogens is 496 g/mol. The number of para-hydroxylation sites is 1. The summed E-state index contributed by atoms with van der Waals surface area (Å²) < 4.78 is 2.37. The van der Waals surface area contributed by atoms with Crippen LogP contribution in [0.2, 0.25) is 0 Å². The lowest BCUT2D eigenvalue weighted by Crippen LogP contribution is -2.01. The SMILES string of the molecule is c1ccc(-c2cc(-c3ccccc3)nc(-n3c4ccccc4c4cc5ccccc5c(-c5ccccc5)c43)c2)cc1. The van der Waals surface area contributed by atoms with E-state index in [9.17, 15) is 0 Å². The molecule has 41 heavy (non-hydrogen) atoms. The number of pyridine rings is 1.